The van der Waals surface area contributed by atoms with E-state index in [0.29, 0.717) is 21.7 Å². The van der Waals surface area contributed by atoms with Crippen LogP contribution in [0.2, 0.25) is 10.0 Å². The second kappa shape index (κ2) is 13.1. The quantitative estimate of drug-likeness (QED) is 0.157. The number of hydrogen-bond acceptors (Lipinski definition) is 4. The molecule has 0 heterocycles. The van der Waals surface area contributed by atoms with E-state index in [-0.39, 0.29) is 30.1 Å². The van der Waals surface area contributed by atoms with Gasteiger partial charge in [0.25, 0.3) is 0 Å². The van der Waals surface area contributed by atoms with Crippen LogP contribution in [0, 0.1) is 5.82 Å². The van der Waals surface area contributed by atoms with Crippen LogP contribution in [0.15, 0.2) is 120 Å². The van der Waals surface area contributed by atoms with Gasteiger partial charge in [-0.15, -0.1) is 0 Å². The first-order chi connectivity index (χ1) is 20.6. The van der Waals surface area contributed by atoms with Gasteiger partial charge >= 0.3 is 0 Å². The van der Waals surface area contributed by atoms with Crippen LogP contribution in [0.25, 0.3) is 11.1 Å². The highest BCUT2D eigenvalue weighted by Crippen LogP contribution is 2.35. The SMILES string of the molecule is O=C(Cc1ccccc1)c1cc(Cl)cc(S(=O)(=O)N(Cc2ccc(F)cc2)Cc2cccc(-c3ccc(Cl)cc3)c2)c1O. The Hall–Kier alpha value is -4.01. The molecular weight excluding hydrogens is 608 g/mol. The van der Waals surface area contributed by atoms with Gasteiger partial charge in [0.05, 0.1) is 5.56 Å². The molecule has 43 heavy (non-hydrogen) atoms. The van der Waals surface area contributed by atoms with Gasteiger partial charge in [-0.2, -0.15) is 4.31 Å². The number of Topliss-reactive ketones (excluding diaryl/α,β-unsaturated/α-hetero) is 1. The van der Waals surface area contributed by atoms with E-state index < -0.39 is 32.3 Å². The Morgan fingerprint density at radius 2 is 1.35 bits per heavy atom. The summed E-state index contributed by atoms with van der Waals surface area (Å²) in [6.45, 7) is -0.215. The molecule has 0 aliphatic rings. The molecule has 0 amide bonds. The maximum absolute atomic E-state index is 14.2. The van der Waals surface area contributed by atoms with E-state index in [9.17, 15) is 22.7 Å². The summed E-state index contributed by atoms with van der Waals surface area (Å²) in [5, 5.41) is 11.8. The van der Waals surface area contributed by atoms with Crippen LogP contribution in [-0.4, -0.2) is 23.6 Å². The minimum Gasteiger partial charge on any atom is -0.506 e. The summed E-state index contributed by atoms with van der Waals surface area (Å²) >= 11 is 12.4. The lowest BCUT2D eigenvalue weighted by molar-refractivity contribution is 0.0990. The molecule has 1 N–H and O–H groups in total. The Balaban J connectivity index is 1.53. The van der Waals surface area contributed by atoms with Crippen molar-refractivity contribution in [3.63, 3.8) is 0 Å². The number of phenolic OH excluding ortho intramolecular Hbond substituents is 1. The van der Waals surface area contributed by atoms with Crippen LogP contribution in [0.3, 0.4) is 0 Å². The molecule has 0 aliphatic carbocycles. The maximum Gasteiger partial charge on any atom is 0.247 e. The molecule has 0 saturated heterocycles. The van der Waals surface area contributed by atoms with E-state index in [4.69, 9.17) is 23.2 Å². The van der Waals surface area contributed by atoms with Gasteiger partial charge in [0.2, 0.25) is 10.0 Å². The number of hydrogen-bond donors (Lipinski definition) is 1. The molecule has 5 aromatic rings. The van der Waals surface area contributed by atoms with Gasteiger partial charge in [-0.25, -0.2) is 12.8 Å². The number of sulfonamides is 1. The molecule has 9 heteroatoms. The van der Waals surface area contributed by atoms with Crippen molar-refractivity contribution in [3.8, 4) is 16.9 Å². The fraction of sp³-hybridized carbons (Fsp3) is 0.0882. The molecule has 5 rings (SSSR count). The zero-order valence-corrected chi connectivity index (χ0v) is 25.1. The van der Waals surface area contributed by atoms with Crippen LogP contribution < -0.4 is 0 Å². The zero-order chi connectivity index (χ0) is 30.6. The summed E-state index contributed by atoms with van der Waals surface area (Å²) in [4.78, 5) is 12.7. The molecule has 5 nitrogen and oxygen atoms in total. The number of nitrogens with zero attached hydrogens (tertiary/aromatic N) is 1. The van der Waals surface area contributed by atoms with Gasteiger partial charge in [0.1, 0.15) is 16.5 Å². The molecule has 0 unspecified atom stereocenters. The molecule has 0 radical (unpaired) electrons. The lowest BCUT2D eigenvalue weighted by Gasteiger charge is -2.24. The van der Waals surface area contributed by atoms with Gasteiger partial charge in [-0.05, 0) is 70.3 Å². The molecule has 0 bridgehead atoms. The Labute approximate surface area is 259 Å². The van der Waals surface area contributed by atoms with Gasteiger partial charge < -0.3 is 5.11 Å². The largest absolute Gasteiger partial charge is 0.506 e. The number of rotatable bonds is 10. The Bertz CT molecular complexity index is 1860. The number of halogens is 3. The standard InChI is InChI=1S/C34H26Cl2FNO4S/c35-28-13-11-26(12-14-28)27-8-4-7-25(17-27)22-38(21-24-9-15-30(37)16-10-24)43(41,42)33-20-29(36)19-31(34(33)40)32(39)18-23-5-2-1-3-6-23/h1-17,19-20,40H,18,21-22H2. The molecule has 0 saturated carbocycles. The summed E-state index contributed by atoms with van der Waals surface area (Å²) in [6.07, 6.45) is -0.0506. The normalized spacial score (nSPS) is 11.5. The van der Waals surface area contributed by atoms with E-state index in [0.717, 1.165) is 21.5 Å². The summed E-state index contributed by atoms with van der Waals surface area (Å²) in [5.41, 5.74) is 3.46. The van der Waals surface area contributed by atoms with Crippen LogP contribution in [0.5, 0.6) is 5.75 Å². The highest BCUT2D eigenvalue weighted by Gasteiger charge is 2.31. The number of ketones is 1. The lowest BCUT2D eigenvalue weighted by atomic mass is 10.0. The monoisotopic (exact) mass is 633 g/mol. The van der Waals surface area contributed by atoms with Crippen molar-refractivity contribution in [2.45, 2.75) is 24.4 Å². The van der Waals surface area contributed by atoms with Crippen molar-refractivity contribution in [1.29, 1.82) is 0 Å². The number of benzene rings is 5. The summed E-state index contributed by atoms with van der Waals surface area (Å²) in [6, 6.07) is 31.4. The molecule has 0 aromatic heterocycles. The first kappa shape index (κ1) is 30.4. The van der Waals surface area contributed by atoms with E-state index in [1.165, 1.54) is 30.3 Å². The van der Waals surface area contributed by atoms with Gasteiger partial charge in [0, 0.05) is 29.6 Å². The highest BCUT2D eigenvalue weighted by molar-refractivity contribution is 7.89. The topological polar surface area (TPSA) is 74.7 Å². The van der Waals surface area contributed by atoms with Gasteiger partial charge in [-0.3, -0.25) is 4.79 Å². The predicted octanol–water partition coefficient (Wildman–Crippen LogP) is 8.32. The molecule has 0 atom stereocenters. The van der Waals surface area contributed by atoms with Crippen molar-refractivity contribution in [1.82, 2.24) is 4.31 Å². The van der Waals surface area contributed by atoms with E-state index in [1.807, 2.05) is 36.4 Å². The maximum atomic E-state index is 14.2. The van der Waals surface area contributed by atoms with Crippen LogP contribution in [0.4, 0.5) is 4.39 Å². The molecule has 218 valence electrons. The molecular formula is C34H26Cl2FNO4S. The van der Waals surface area contributed by atoms with Crippen molar-refractivity contribution in [2.24, 2.45) is 0 Å². The second-order valence-electron chi connectivity index (χ2n) is 9.99. The molecule has 0 spiro atoms. The van der Waals surface area contributed by atoms with E-state index in [1.54, 1.807) is 42.5 Å². The number of carbonyl (C=O) groups excluding carboxylic acids is 1. The first-order valence-electron chi connectivity index (χ1n) is 13.3. The Morgan fingerprint density at radius 1 is 0.698 bits per heavy atom. The lowest BCUT2D eigenvalue weighted by Crippen LogP contribution is -2.30. The molecule has 0 aliphatic heterocycles. The summed E-state index contributed by atoms with van der Waals surface area (Å²) in [5.74, 6) is -1.62. The minimum atomic E-state index is -4.44. The second-order valence-corrected chi connectivity index (χ2v) is 12.8. The van der Waals surface area contributed by atoms with Crippen molar-refractivity contribution >= 4 is 39.0 Å². The average Bonchev–Trinajstić information content (AvgIpc) is 3.00. The third-order valence-corrected chi connectivity index (χ3v) is 9.18. The average molecular weight is 635 g/mol. The summed E-state index contributed by atoms with van der Waals surface area (Å²) < 4.78 is 43.2. The minimum absolute atomic E-state index is 0.0146. The fourth-order valence-electron chi connectivity index (χ4n) is 4.71. The van der Waals surface area contributed by atoms with Crippen molar-refractivity contribution in [2.75, 3.05) is 0 Å². The number of aromatic hydroxyl groups is 1. The van der Waals surface area contributed by atoms with Crippen molar-refractivity contribution < 1.29 is 22.7 Å². The van der Waals surface area contributed by atoms with Gasteiger partial charge in [-0.1, -0.05) is 96.0 Å². The van der Waals surface area contributed by atoms with Gasteiger partial charge in [0.15, 0.2) is 5.78 Å². The third kappa shape index (κ3) is 7.32. The third-order valence-electron chi connectivity index (χ3n) is 6.90. The van der Waals surface area contributed by atoms with Crippen LogP contribution in [-0.2, 0) is 29.5 Å². The van der Waals surface area contributed by atoms with Crippen molar-refractivity contribution in [3.05, 3.63) is 153 Å². The predicted molar refractivity (Wildman–Crippen MR) is 167 cm³/mol. The van der Waals surface area contributed by atoms with E-state index >= 15 is 0 Å². The number of carbonyl (C=O) groups is 1. The van der Waals surface area contributed by atoms with Crippen LogP contribution in [0.1, 0.15) is 27.0 Å². The Morgan fingerprint density at radius 3 is 2.05 bits per heavy atom. The summed E-state index contributed by atoms with van der Waals surface area (Å²) in [7, 11) is -4.44. The number of phenols is 1. The Kier molecular flexibility index (Phi) is 9.28. The molecule has 0 fully saturated rings. The highest BCUT2D eigenvalue weighted by atomic mass is 35.5. The van der Waals surface area contributed by atoms with E-state index in [2.05, 4.69) is 0 Å². The van der Waals surface area contributed by atoms with Crippen LogP contribution >= 0.6 is 23.2 Å². The fourth-order valence-corrected chi connectivity index (χ4v) is 6.67. The zero-order valence-electron chi connectivity index (χ0n) is 22.8. The smallest absolute Gasteiger partial charge is 0.247 e. The first-order valence-corrected chi connectivity index (χ1v) is 15.5. The molecule has 5 aromatic carbocycles.